The molecule has 0 radical (unpaired) electrons. The van der Waals surface area contributed by atoms with Crippen LogP contribution in [0.1, 0.15) is 0 Å². The van der Waals surface area contributed by atoms with Crippen molar-refractivity contribution in [2.24, 2.45) is 0 Å². The molecule has 3 aromatic rings. The van der Waals surface area contributed by atoms with Gasteiger partial charge in [0.2, 0.25) is 5.95 Å². The summed E-state index contributed by atoms with van der Waals surface area (Å²) in [6.07, 6.45) is -4.76. The van der Waals surface area contributed by atoms with E-state index >= 15 is 0 Å². The highest BCUT2D eigenvalue weighted by Crippen LogP contribution is 2.29. The number of nitrogens with one attached hydrogen (secondary N) is 2. The predicted octanol–water partition coefficient (Wildman–Crippen LogP) is 5.59. The Hall–Kier alpha value is -2.81. The third-order valence-corrected chi connectivity index (χ3v) is 3.90. The summed E-state index contributed by atoms with van der Waals surface area (Å²) < 4.78 is 42.3. The SMILES string of the molecule is CNc1nc(Nc2cccc(Br)c2)cc(-c2cccc(OC(F)(F)F)c2)n1. The van der Waals surface area contributed by atoms with Gasteiger partial charge < -0.3 is 15.4 Å². The second kappa shape index (κ2) is 7.83. The van der Waals surface area contributed by atoms with Gasteiger partial charge in [0.05, 0.1) is 5.69 Å². The molecular formula is C18H14BrF3N4O. The van der Waals surface area contributed by atoms with Crippen molar-refractivity contribution in [1.29, 1.82) is 0 Å². The molecule has 5 nitrogen and oxygen atoms in total. The van der Waals surface area contributed by atoms with Crippen LogP contribution < -0.4 is 15.4 Å². The fraction of sp³-hybridized carbons (Fsp3) is 0.111. The Morgan fingerprint density at radius 3 is 2.48 bits per heavy atom. The molecule has 0 atom stereocenters. The quantitative estimate of drug-likeness (QED) is 0.543. The van der Waals surface area contributed by atoms with Crippen molar-refractivity contribution >= 4 is 33.4 Å². The zero-order valence-corrected chi connectivity index (χ0v) is 15.6. The maximum absolute atomic E-state index is 12.5. The smallest absolute Gasteiger partial charge is 0.406 e. The lowest BCUT2D eigenvalue weighted by Crippen LogP contribution is -2.17. The second-order valence-electron chi connectivity index (χ2n) is 5.42. The van der Waals surface area contributed by atoms with Crippen molar-refractivity contribution < 1.29 is 17.9 Å². The largest absolute Gasteiger partial charge is 0.573 e. The van der Waals surface area contributed by atoms with E-state index < -0.39 is 6.36 Å². The minimum atomic E-state index is -4.76. The molecule has 1 heterocycles. The molecule has 9 heteroatoms. The number of alkyl halides is 3. The van der Waals surface area contributed by atoms with Crippen LogP contribution in [0.15, 0.2) is 59.1 Å². The topological polar surface area (TPSA) is 59.1 Å². The number of nitrogens with zero attached hydrogens (tertiary/aromatic N) is 2. The summed E-state index contributed by atoms with van der Waals surface area (Å²) in [6, 6.07) is 14.8. The highest BCUT2D eigenvalue weighted by molar-refractivity contribution is 9.10. The van der Waals surface area contributed by atoms with Gasteiger partial charge >= 0.3 is 6.36 Å². The van der Waals surface area contributed by atoms with E-state index in [4.69, 9.17) is 0 Å². The predicted molar refractivity (Wildman–Crippen MR) is 101 cm³/mol. The van der Waals surface area contributed by atoms with Gasteiger partial charge in [0.15, 0.2) is 0 Å². The van der Waals surface area contributed by atoms with E-state index in [2.05, 4.69) is 41.3 Å². The molecule has 0 saturated carbocycles. The average Bonchev–Trinajstić information content (AvgIpc) is 2.60. The van der Waals surface area contributed by atoms with E-state index in [0.717, 1.165) is 10.2 Å². The van der Waals surface area contributed by atoms with Crippen molar-refractivity contribution in [1.82, 2.24) is 9.97 Å². The van der Waals surface area contributed by atoms with Crippen LogP contribution in [-0.4, -0.2) is 23.4 Å². The molecule has 0 fully saturated rings. The Balaban J connectivity index is 1.95. The number of halogens is 4. The van der Waals surface area contributed by atoms with Gasteiger partial charge in [-0.2, -0.15) is 4.98 Å². The van der Waals surface area contributed by atoms with Gasteiger partial charge in [0.25, 0.3) is 0 Å². The summed E-state index contributed by atoms with van der Waals surface area (Å²) in [5.74, 6) is 0.503. The molecule has 0 spiro atoms. The number of ether oxygens (including phenoxy) is 1. The second-order valence-corrected chi connectivity index (χ2v) is 6.34. The maximum atomic E-state index is 12.5. The molecule has 0 amide bonds. The number of anilines is 3. The summed E-state index contributed by atoms with van der Waals surface area (Å²) in [5, 5.41) is 5.99. The van der Waals surface area contributed by atoms with Crippen LogP contribution in [0.25, 0.3) is 11.3 Å². The minimum Gasteiger partial charge on any atom is -0.406 e. The first-order valence-corrected chi connectivity index (χ1v) is 8.57. The van der Waals surface area contributed by atoms with Gasteiger partial charge in [0.1, 0.15) is 11.6 Å². The van der Waals surface area contributed by atoms with Gasteiger partial charge in [-0.3, -0.25) is 0 Å². The Morgan fingerprint density at radius 1 is 1.00 bits per heavy atom. The fourth-order valence-corrected chi connectivity index (χ4v) is 2.74. The van der Waals surface area contributed by atoms with Crippen molar-refractivity contribution in [2.75, 3.05) is 17.7 Å². The molecule has 140 valence electrons. The van der Waals surface area contributed by atoms with Crippen LogP contribution in [0.5, 0.6) is 5.75 Å². The summed E-state index contributed by atoms with van der Waals surface area (Å²) in [7, 11) is 1.66. The standard InChI is InChI=1S/C18H14BrF3N4O/c1-23-17-25-15(11-4-2-7-14(8-11)27-18(20,21)22)10-16(26-17)24-13-6-3-5-12(19)9-13/h2-10H,1H3,(H2,23,24,25,26). The van der Waals surface area contributed by atoms with Gasteiger partial charge in [-0.05, 0) is 30.3 Å². The molecule has 0 bridgehead atoms. The molecule has 0 aliphatic carbocycles. The lowest BCUT2D eigenvalue weighted by atomic mass is 10.1. The van der Waals surface area contributed by atoms with Gasteiger partial charge in [-0.25, -0.2) is 4.98 Å². The Labute approximate surface area is 161 Å². The van der Waals surface area contributed by atoms with Gasteiger partial charge in [0, 0.05) is 28.8 Å². The Bertz CT molecular complexity index is 950. The molecule has 0 unspecified atom stereocenters. The van der Waals surface area contributed by atoms with Crippen molar-refractivity contribution in [2.45, 2.75) is 6.36 Å². The van der Waals surface area contributed by atoms with Gasteiger partial charge in [-0.15, -0.1) is 13.2 Å². The fourth-order valence-electron chi connectivity index (χ4n) is 2.34. The van der Waals surface area contributed by atoms with Crippen LogP contribution in [0.2, 0.25) is 0 Å². The lowest BCUT2D eigenvalue weighted by molar-refractivity contribution is -0.274. The van der Waals surface area contributed by atoms with E-state index in [-0.39, 0.29) is 5.75 Å². The number of benzene rings is 2. The summed E-state index contributed by atoms with van der Waals surface area (Å²) >= 11 is 3.40. The molecule has 0 saturated heterocycles. The molecule has 3 rings (SSSR count). The van der Waals surface area contributed by atoms with Crippen LogP contribution in [-0.2, 0) is 0 Å². The van der Waals surface area contributed by atoms with Crippen molar-refractivity contribution in [3.63, 3.8) is 0 Å². The van der Waals surface area contributed by atoms with Crippen LogP contribution in [0, 0.1) is 0 Å². The third-order valence-electron chi connectivity index (χ3n) is 3.41. The Morgan fingerprint density at radius 2 is 1.78 bits per heavy atom. The molecule has 1 aromatic heterocycles. The molecule has 27 heavy (non-hydrogen) atoms. The first kappa shape index (κ1) is 19.0. The Kier molecular flexibility index (Phi) is 5.50. The normalized spacial score (nSPS) is 11.1. The minimum absolute atomic E-state index is 0.314. The number of hydrogen-bond donors (Lipinski definition) is 2. The molecule has 2 N–H and O–H groups in total. The van der Waals surface area contributed by atoms with Crippen LogP contribution >= 0.6 is 15.9 Å². The summed E-state index contributed by atoms with van der Waals surface area (Å²) in [5.41, 5.74) is 1.71. The zero-order chi connectivity index (χ0) is 19.4. The zero-order valence-electron chi connectivity index (χ0n) is 14.0. The molecule has 0 aliphatic heterocycles. The van der Waals surface area contributed by atoms with Crippen LogP contribution in [0.3, 0.4) is 0 Å². The summed E-state index contributed by atoms with van der Waals surface area (Å²) in [6.45, 7) is 0. The average molecular weight is 439 g/mol. The summed E-state index contributed by atoms with van der Waals surface area (Å²) in [4.78, 5) is 8.63. The monoisotopic (exact) mass is 438 g/mol. The lowest BCUT2D eigenvalue weighted by Gasteiger charge is -2.12. The van der Waals surface area contributed by atoms with Crippen molar-refractivity contribution in [3.8, 4) is 17.0 Å². The highest BCUT2D eigenvalue weighted by Gasteiger charge is 2.31. The number of aromatic nitrogens is 2. The van der Waals surface area contributed by atoms with Gasteiger partial charge in [-0.1, -0.05) is 34.1 Å². The van der Waals surface area contributed by atoms with E-state index in [9.17, 15) is 13.2 Å². The first-order valence-electron chi connectivity index (χ1n) is 7.78. The van der Waals surface area contributed by atoms with Crippen molar-refractivity contribution in [3.05, 3.63) is 59.1 Å². The maximum Gasteiger partial charge on any atom is 0.573 e. The third kappa shape index (κ3) is 5.33. The van der Waals surface area contributed by atoms with Crippen LogP contribution in [0.4, 0.5) is 30.6 Å². The highest BCUT2D eigenvalue weighted by atomic mass is 79.9. The number of rotatable bonds is 5. The van der Waals surface area contributed by atoms with E-state index in [0.29, 0.717) is 23.0 Å². The van der Waals surface area contributed by atoms with E-state index in [1.165, 1.54) is 18.2 Å². The van der Waals surface area contributed by atoms with E-state index in [1.807, 2.05) is 24.3 Å². The molecule has 0 aliphatic rings. The first-order chi connectivity index (χ1) is 12.8. The molecular weight excluding hydrogens is 425 g/mol. The molecule has 2 aromatic carbocycles. The van der Waals surface area contributed by atoms with E-state index in [1.54, 1.807) is 19.2 Å². The number of hydrogen-bond acceptors (Lipinski definition) is 5.